The number of anilines is 2. The van der Waals surface area contributed by atoms with Crippen LogP contribution in [0.3, 0.4) is 0 Å². The van der Waals surface area contributed by atoms with E-state index < -0.39 is 0 Å². The number of hydrogen-bond donors (Lipinski definition) is 4. The quantitative estimate of drug-likeness (QED) is 0.435. The number of aromatic nitrogens is 2. The molecule has 5 N–H and O–H groups in total. The Morgan fingerprint density at radius 3 is 2.47 bits per heavy atom. The molecule has 1 aromatic heterocycles. The summed E-state index contributed by atoms with van der Waals surface area (Å²) in [6.07, 6.45) is 1.52. The molecular weight excluding hydrogens is 218 g/mol. The summed E-state index contributed by atoms with van der Waals surface area (Å²) in [5.74, 6) is 7.30. The van der Waals surface area contributed by atoms with E-state index in [9.17, 15) is 5.11 Å². The van der Waals surface area contributed by atoms with E-state index in [2.05, 4.69) is 20.7 Å². The lowest BCUT2D eigenvalue weighted by Crippen LogP contribution is -2.38. The average Bonchev–Trinajstić information content (AvgIpc) is 2.37. The maximum Gasteiger partial charge on any atom is 0.145 e. The van der Waals surface area contributed by atoms with Crippen LogP contribution < -0.4 is 16.6 Å². The van der Waals surface area contributed by atoms with Crippen LogP contribution in [0.1, 0.15) is 33.0 Å². The van der Waals surface area contributed by atoms with Gasteiger partial charge in [0, 0.05) is 12.5 Å². The largest absolute Gasteiger partial charge is 0.394 e. The van der Waals surface area contributed by atoms with Crippen LogP contribution in [0, 0.1) is 0 Å². The van der Waals surface area contributed by atoms with Crippen LogP contribution in [0.5, 0.6) is 0 Å². The standard InChI is InChI=1S/C11H21N5O/c1-4-8-13-9(6-10(14-8)16-12)15-11(3,5-2)7-17/h6,17H,4-5,7,12H2,1-3H3,(H2,13,14,15,16). The lowest BCUT2D eigenvalue weighted by molar-refractivity contribution is 0.218. The second-order valence-corrected chi connectivity index (χ2v) is 4.25. The van der Waals surface area contributed by atoms with Crippen molar-refractivity contribution in [2.75, 3.05) is 17.3 Å². The zero-order chi connectivity index (χ0) is 12.9. The summed E-state index contributed by atoms with van der Waals surface area (Å²) in [6.45, 7) is 5.97. The van der Waals surface area contributed by atoms with Gasteiger partial charge in [-0.3, -0.25) is 0 Å². The van der Waals surface area contributed by atoms with Crippen LogP contribution in [0.15, 0.2) is 6.07 Å². The van der Waals surface area contributed by atoms with E-state index in [1.54, 1.807) is 6.07 Å². The fourth-order valence-corrected chi connectivity index (χ4v) is 1.34. The Morgan fingerprint density at radius 1 is 1.35 bits per heavy atom. The summed E-state index contributed by atoms with van der Waals surface area (Å²) in [5.41, 5.74) is 2.13. The van der Waals surface area contributed by atoms with Crippen LogP contribution in [-0.4, -0.2) is 27.2 Å². The molecule has 0 radical (unpaired) electrons. The van der Waals surface area contributed by atoms with Gasteiger partial charge in [0.15, 0.2) is 0 Å². The Balaban J connectivity index is 2.97. The highest BCUT2D eigenvalue weighted by molar-refractivity contribution is 5.48. The highest BCUT2D eigenvalue weighted by Gasteiger charge is 2.21. The van der Waals surface area contributed by atoms with Crippen LogP contribution in [0.25, 0.3) is 0 Å². The third-order valence-corrected chi connectivity index (χ3v) is 2.80. The van der Waals surface area contributed by atoms with Crippen molar-refractivity contribution in [3.05, 3.63) is 11.9 Å². The monoisotopic (exact) mass is 239 g/mol. The van der Waals surface area contributed by atoms with Gasteiger partial charge < -0.3 is 15.8 Å². The summed E-state index contributed by atoms with van der Waals surface area (Å²) in [6, 6.07) is 1.72. The minimum Gasteiger partial charge on any atom is -0.394 e. The van der Waals surface area contributed by atoms with Crippen LogP contribution in [-0.2, 0) is 6.42 Å². The van der Waals surface area contributed by atoms with E-state index >= 15 is 0 Å². The zero-order valence-electron chi connectivity index (χ0n) is 10.6. The molecule has 6 heteroatoms. The molecule has 1 atom stereocenters. The smallest absolute Gasteiger partial charge is 0.145 e. The predicted molar refractivity (Wildman–Crippen MR) is 68.6 cm³/mol. The molecule has 0 aliphatic heterocycles. The van der Waals surface area contributed by atoms with Crippen molar-refractivity contribution in [1.29, 1.82) is 0 Å². The first-order valence-electron chi connectivity index (χ1n) is 5.80. The first-order valence-corrected chi connectivity index (χ1v) is 5.80. The minimum atomic E-state index is -0.384. The van der Waals surface area contributed by atoms with Crippen molar-refractivity contribution in [2.45, 2.75) is 39.2 Å². The van der Waals surface area contributed by atoms with Crippen molar-refractivity contribution >= 4 is 11.6 Å². The number of nitrogens with zero attached hydrogens (tertiary/aromatic N) is 2. The molecule has 0 saturated carbocycles. The lowest BCUT2D eigenvalue weighted by Gasteiger charge is -2.28. The first kappa shape index (κ1) is 13.7. The molecule has 0 aromatic carbocycles. The van der Waals surface area contributed by atoms with Gasteiger partial charge in [0.25, 0.3) is 0 Å². The van der Waals surface area contributed by atoms with Gasteiger partial charge >= 0.3 is 0 Å². The number of hydrazine groups is 1. The van der Waals surface area contributed by atoms with Gasteiger partial charge in [0.2, 0.25) is 0 Å². The topological polar surface area (TPSA) is 96.1 Å². The maximum atomic E-state index is 9.35. The summed E-state index contributed by atoms with van der Waals surface area (Å²) < 4.78 is 0. The van der Waals surface area contributed by atoms with Crippen LogP contribution in [0.4, 0.5) is 11.6 Å². The summed E-state index contributed by atoms with van der Waals surface area (Å²) >= 11 is 0. The number of hydrogen-bond acceptors (Lipinski definition) is 6. The van der Waals surface area contributed by atoms with Crippen molar-refractivity contribution in [1.82, 2.24) is 9.97 Å². The number of nitrogens with two attached hydrogens (primary N) is 1. The maximum absolute atomic E-state index is 9.35. The number of rotatable bonds is 6. The van der Waals surface area contributed by atoms with Crippen molar-refractivity contribution in [3.63, 3.8) is 0 Å². The minimum absolute atomic E-state index is 0.0420. The van der Waals surface area contributed by atoms with Crippen molar-refractivity contribution < 1.29 is 5.11 Å². The van der Waals surface area contributed by atoms with Gasteiger partial charge in [-0.25, -0.2) is 15.8 Å². The van der Waals surface area contributed by atoms with E-state index in [1.807, 2.05) is 20.8 Å². The SMILES string of the molecule is CCc1nc(NN)cc(NC(C)(CC)CO)n1. The lowest BCUT2D eigenvalue weighted by atomic mass is 10.0. The molecule has 0 amide bonds. The zero-order valence-corrected chi connectivity index (χ0v) is 10.6. The number of aliphatic hydroxyl groups is 1. The Kier molecular flexibility index (Phi) is 4.65. The van der Waals surface area contributed by atoms with E-state index in [-0.39, 0.29) is 12.1 Å². The molecule has 6 nitrogen and oxygen atoms in total. The van der Waals surface area contributed by atoms with Gasteiger partial charge in [-0.2, -0.15) is 0 Å². The molecule has 0 aliphatic carbocycles. The molecule has 1 unspecified atom stereocenters. The normalized spacial score (nSPS) is 14.2. The Labute approximate surface area is 102 Å². The van der Waals surface area contributed by atoms with Gasteiger partial charge in [0.05, 0.1) is 12.1 Å². The molecule has 1 rings (SSSR count). The molecule has 1 heterocycles. The Morgan fingerprint density at radius 2 is 2.00 bits per heavy atom. The fraction of sp³-hybridized carbons (Fsp3) is 0.636. The summed E-state index contributed by atoms with van der Waals surface area (Å²) in [5, 5.41) is 12.6. The number of nitrogens with one attached hydrogen (secondary N) is 2. The number of aliphatic hydroxyl groups excluding tert-OH is 1. The molecule has 0 fully saturated rings. The van der Waals surface area contributed by atoms with Gasteiger partial charge in [-0.05, 0) is 13.3 Å². The van der Waals surface area contributed by atoms with E-state index in [0.717, 1.165) is 12.8 Å². The third kappa shape index (κ3) is 3.54. The summed E-state index contributed by atoms with van der Waals surface area (Å²) in [4.78, 5) is 8.55. The molecule has 1 aromatic rings. The first-order chi connectivity index (χ1) is 8.06. The highest BCUT2D eigenvalue weighted by atomic mass is 16.3. The molecule has 96 valence electrons. The van der Waals surface area contributed by atoms with Gasteiger partial charge in [-0.1, -0.05) is 13.8 Å². The van der Waals surface area contributed by atoms with Gasteiger partial charge in [-0.15, -0.1) is 0 Å². The molecule has 0 aliphatic rings. The van der Waals surface area contributed by atoms with Crippen LogP contribution >= 0.6 is 0 Å². The van der Waals surface area contributed by atoms with Crippen molar-refractivity contribution in [3.8, 4) is 0 Å². The second-order valence-electron chi connectivity index (χ2n) is 4.25. The van der Waals surface area contributed by atoms with E-state index in [4.69, 9.17) is 5.84 Å². The molecular formula is C11H21N5O. The fourth-order valence-electron chi connectivity index (χ4n) is 1.34. The van der Waals surface area contributed by atoms with E-state index in [1.165, 1.54) is 0 Å². The molecule has 0 bridgehead atoms. The van der Waals surface area contributed by atoms with Crippen LogP contribution in [0.2, 0.25) is 0 Å². The predicted octanol–water partition coefficient (Wildman–Crippen LogP) is 0.897. The molecule has 17 heavy (non-hydrogen) atoms. The summed E-state index contributed by atoms with van der Waals surface area (Å²) in [7, 11) is 0. The number of aryl methyl sites for hydroxylation is 1. The van der Waals surface area contributed by atoms with Gasteiger partial charge in [0.1, 0.15) is 17.5 Å². The van der Waals surface area contributed by atoms with Crippen molar-refractivity contribution in [2.24, 2.45) is 5.84 Å². The average molecular weight is 239 g/mol. The Bertz CT molecular complexity index is 343. The molecule has 0 saturated heterocycles. The second kappa shape index (κ2) is 5.79. The third-order valence-electron chi connectivity index (χ3n) is 2.80. The van der Waals surface area contributed by atoms with E-state index in [0.29, 0.717) is 17.5 Å². The number of nitrogen functional groups attached to an aromatic ring is 1. The highest BCUT2D eigenvalue weighted by Crippen LogP contribution is 2.18. The Hall–Kier alpha value is -1.40. The molecule has 0 spiro atoms.